The lowest BCUT2D eigenvalue weighted by Gasteiger charge is -2.05. The summed E-state index contributed by atoms with van der Waals surface area (Å²) in [6.45, 7) is 2.99. The van der Waals surface area contributed by atoms with E-state index in [1.807, 2.05) is 0 Å². The van der Waals surface area contributed by atoms with Gasteiger partial charge in [0.1, 0.15) is 6.23 Å². The third kappa shape index (κ3) is 4.68. The number of rotatable bonds is 4. The van der Waals surface area contributed by atoms with Crippen LogP contribution in [0.5, 0.6) is 0 Å². The van der Waals surface area contributed by atoms with E-state index in [1.54, 1.807) is 6.92 Å². The van der Waals surface area contributed by atoms with Crippen LogP contribution in [0.2, 0.25) is 0 Å². The van der Waals surface area contributed by atoms with Crippen LogP contribution in [0.3, 0.4) is 0 Å². The molecular formula is C4H11NO4S. The van der Waals surface area contributed by atoms with Gasteiger partial charge in [0.05, 0.1) is 6.61 Å². The summed E-state index contributed by atoms with van der Waals surface area (Å²) >= 11 is 0. The van der Waals surface area contributed by atoms with Gasteiger partial charge in [-0.3, -0.25) is 0 Å². The minimum Gasteiger partial charge on any atom is -0.305 e. The lowest BCUT2D eigenvalue weighted by molar-refractivity contribution is 0.176. The van der Waals surface area contributed by atoms with Crippen LogP contribution >= 0.6 is 0 Å². The van der Waals surface area contributed by atoms with Crippen LogP contribution in [0.4, 0.5) is 0 Å². The van der Waals surface area contributed by atoms with Gasteiger partial charge in [0, 0.05) is 0 Å². The summed E-state index contributed by atoms with van der Waals surface area (Å²) in [4.78, 5) is 0. The van der Waals surface area contributed by atoms with E-state index < -0.39 is 16.6 Å². The van der Waals surface area contributed by atoms with Crippen LogP contribution in [0.15, 0.2) is 0 Å². The lowest BCUT2D eigenvalue weighted by Crippen LogP contribution is -2.24. The van der Waals surface area contributed by atoms with E-state index in [0.29, 0.717) is 0 Å². The first-order chi connectivity index (χ1) is 4.48. The standard InChI is InChI=1S/C4H11NO4S/c1-3-8-10(6,7)9-4(2)5/h4H,3,5H2,1-2H3. The number of hydrogen-bond donors (Lipinski definition) is 1. The Labute approximate surface area is 60.4 Å². The molecule has 5 nitrogen and oxygen atoms in total. The quantitative estimate of drug-likeness (QED) is 0.579. The fourth-order valence-electron chi connectivity index (χ4n) is 0.358. The van der Waals surface area contributed by atoms with Crippen molar-refractivity contribution in [2.24, 2.45) is 5.73 Å². The maximum Gasteiger partial charge on any atom is 0.401 e. The molecule has 0 aromatic heterocycles. The van der Waals surface area contributed by atoms with Gasteiger partial charge < -0.3 is 5.73 Å². The number of hydrogen-bond acceptors (Lipinski definition) is 5. The summed E-state index contributed by atoms with van der Waals surface area (Å²) < 4.78 is 29.4. The van der Waals surface area contributed by atoms with Crippen molar-refractivity contribution in [3.05, 3.63) is 0 Å². The Balaban J connectivity index is 3.89. The van der Waals surface area contributed by atoms with Gasteiger partial charge >= 0.3 is 10.4 Å². The van der Waals surface area contributed by atoms with Crippen molar-refractivity contribution in [1.29, 1.82) is 0 Å². The highest BCUT2D eigenvalue weighted by Gasteiger charge is 2.12. The summed E-state index contributed by atoms with van der Waals surface area (Å²) in [7, 11) is -3.86. The van der Waals surface area contributed by atoms with E-state index in [-0.39, 0.29) is 6.61 Å². The predicted molar refractivity (Wildman–Crippen MR) is 35.3 cm³/mol. The Kier molecular flexibility index (Phi) is 3.80. The second kappa shape index (κ2) is 3.87. The highest BCUT2D eigenvalue weighted by molar-refractivity contribution is 7.81. The van der Waals surface area contributed by atoms with E-state index in [2.05, 4.69) is 8.37 Å². The molecule has 62 valence electrons. The fourth-order valence-corrected chi connectivity index (χ4v) is 1.07. The summed E-state index contributed by atoms with van der Waals surface area (Å²) in [6.07, 6.45) is -0.864. The Bertz CT molecular complexity index is 174. The molecule has 0 rings (SSSR count). The highest BCUT2D eigenvalue weighted by Crippen LogP contribution is 1.96. The molecule has 0 fully saturated rings. The lowest BCUT2D eigenvalue weighted by atomic mass is 10.7. The molecule has 0 aliphatic heterocycles. The van der Waals surface area contributed by atoms with Crippen LogP contribution < -0.4 is 5.73 Å². The van der Waals surface area contributed by atoms with Gasteiger partial charge in [-0.25, -0.2) is 8.37 Å². The van der Waals surface area contributed by atoms with Gasteiger partial charge in [-0.1, -0.05) is 0 Å². The second-order valence-corrected chi connectivity index (χ2v) is 2.86. The summed E-state index contributed by atoms with van der Waals surface area (Å²) in [5, 5.41) is 0. The molecule has 6 heteroatoms. The average molecular weight is 169 g/mol. The van der Waals surface area contributed by atoms with E-state index in [9.17, 15) is 8.42 Å². The van der Waals surface area contributed by atoms with Gasteiger partial charge in [0.25, 0.3) is 0 Å². The van der Waals surface area contributed by atoms with Gasteiger partial charge in [-0.2, -0.15) is 8.42 Å². The SMILES string of the molecule is CCOS(=O)(=O)OC(C)N. The second-order valence-electron chi connectivity index (χ2n) is 1.62. The molecule has 0 heterocycles. The first-order valence-electron chi connectivity index (χ1n) is 2.81. The zero-order valence-corrected chi connectivity index (χ0v) is 6.72. The first-order valence-corrected chi connectivity index (χ1v) is 4.14. The molecule has 0 aliphatic rings. The molecule has 0 aromatic rings. The Morgan fingerprint density at radius 1 is 1.60 bits per heavy atom. The third-order valence-electron chi connectivity index (χ3n) is 0.532. The molecular weight excluding hydrogens is 158 g/mol. The molecule has 0 aliphatic carbocycles. The Morgan fingerprint density at radius 2 is 2.10 bits per heavy atom. The summed E-state index contributed by atoms with van der Waals surface area (Å²) in [6, 6.07) is 0. The van der Waals surface area contributed by atoms with Crippen molar-refractivity contribution in [3.63, 3.8) is 0 Å². The maximum absolute atomic E-state index is 10.5. The molecule has 0 amide bonds. The molecule has 0 saturated carbocycles. The zero-order valence-electron chi connectivity index (χ0n) is 5.90. The maximum atomic E-state index is 10.5. The monoisotopic (exact) mass is 169 g/mol. The minimum atomic E-state index is -3.86. The van der Waals surface area contributed by atoms with Crippen LogP contribution in [0.25, 0.3) is 0 Å². The molecule has 0 bridgehead atoms. The van der Waals surface area contributed by atoms with Crippen LogP contribution in [0, 0.1) is 0 Å². The summed E-state index contributed by atoms with van der Waals surface area (Å²) in [5.41, 5.74) is 5.03. The zero-order chi connectivity index (χ0) is 8.20. The van der Waals surface area contributed by atoms with Crippen molar-refractivity contribution in [2.75, 3.05) is 6.61 Å². The van der Waals surface area contributed by atoms with Gasteiger partial charge in [0.2, 0.25) is 0 Å². The topological polar surface area (TPSA) is 78.6 Å². The van der Waals surface area contributed by atoms with Crippen molar-refractivity contribution in [1.82, 2.24) is 0 Å². The van der Waals surface area contributed by atoms with E-state index in [1.165, 1.54) is 6.92 Å². The van der Waals surface area contributed by atoms with Crippen LogP contribution in [-0.4, -0.2) is 21.3 Å². The smallest absolute Gasteiger partial charge is 0.305 e. The predicted octanol–water partition coefficient (Wildman–Crippen LogP) is -0.411. The van der Waals surface area contributed by atoms with Crippen LogP contribution in [-0.2, 0) is 18.8 Å². The van der Waals surface area contributed by atoms with E-state index in [0.717, 1.165) is 0 Å². The third-order valence-corrected chi connectivity index (χ3v) is 1.60. The van der Waals surface area contributed by atoms with Crippen molar-refractivity contribution < 1.29 is 16.8 Å². The van der Waals surface area contributed by atoms with Crippen LogP contribution in [0.1, 0.15) is 13.8 Å². The summed E-state index contributed by atoms with van der Waals surface area (Å²) in [5.74, 6) is 0. The molecule has 10 heavy (non-hydrogen) atoms. The molecule has 0 aromatic carbocycles. The van der Waals surface area contributed by atoms with Crippen molar-refractivity contribution >= 4 is 10.4 Å². The van der Waals surface area contributed by atoms with E-state index in [4.69, 9.17) is 5.73 Å². The largest absolute Gasteiger partial charge is 0.401 e. The van der Waals surface area contributed by atoms with Crippen molar-refractivity contribution in [3.8, 4) is 0 Å². The average Bonchev–Trinajstić information content (AvgIpc) is 1.59. The van der Waals surface area contributed by atoms with Gasteiger partial charge in [-0.15, -0.1) is 0 Å². The molecule has 0 spiro atoms. The molecule has 2 N–H and O–H groups in total. The molecule has 1 unspecified atom stereocenters. The number of nitrogens with two attached hydrogens (primary N) is 1. The molecule has 1 atom stereocenters. The van der Waals surface area contributed by atoms with Gasteiger partial charge in [-0.05, 0) is 13.8 Å². The molecule has 0 saturated heterocycles. The van der Waals surface area contributed by atoms with E-state index >= 15 is 0 Å². The van der Waals surface area contributed by atoms with Gasteiger partial charge in [0.15, 0.2) is 0 Å². The van der Waals surface area contributed by atoms with Crippen molar-refractivity contribution in [2.45, 2.75) is 20.1 Å². The first kappa shape index (κ1) is 9.83. The minimum absolute atomic E-state index is 0.0506. The highest BCUT2D eigenvalue weighted by atomic mass is 32.3. The fraction of sp³-hybridized carbons (Fsp3) is 1.00. The normalized spacial score (nSPS) is 15.1. The molecule has 0 radical (unpaired) electrons. The Morgan fingerprint density at radius 3 is 2.40 bits per heavy atom. The Hall–Kier alpha value is -0.170.